The molecule has 0 fully saturated rings. The second kappa shape index (κ2) is 6.91. The molecule has 0 saturated carbocycles. The average Bonchev–Trinajstić information content (AvgIpc) is 1.59. The molecule has 0 aromatic heterocycles. The second-order valence-corrected chi connectivity index (χ2v) is 2.47. The van der Waals surface area contributed by atoms with Gasteiger partial charge in [-0.05, 0) is 26.5 Å². The summed E-state index contributed by atoms with van der Waals surface area (Å²) < 4.78 is 35.0. The van der Waals surface area contributed by atoms with Crippen LogP contribution < -0.4 is 51.4 Å². The van der Waals surface area contributed by atoms with Gasteiger partial charge in [-0.1, -0.05) is 6.92 Å². The van der Waals surface area contributed by atoms with Crippen molar-refractivity contribution >= 4 is 6.98 Å². The zero-order chi connectivity index (χ0) is 8.20. The summed E-state index contributed by atoms with van der Waals surface area (Å²) in [6, 6.07) is 0. The van der Waals surface area contributed by atoms with Crippen LogP contribution in [-0.4, -0.2) is 31.9 Å². The molecule has 6 heteroatoms. The maximum Gasteiger partial charge on any atom is 1.00 e. The smallest absolute Gasteiger partial charge is 0.448 e. The minimum Gasteiger partial charge on any atom is -0.448 e. The molecule has 0 amide bonds. The standard InChI is InChI=1S/C5H12BF3N.K/c1-3-4-10(2)5-6(7,8)9;/h3-5H2,1-2H3;/q-1;+1. The molecule has 0 aliphatic rings. The van der Waals surface area contributed by atoms with Crippen LogP contribution in [0.2, 0.25) is 0 Å². The molecule has 0 bridgehead atoms. The van der Waals surface area contributed by atoms with Gasteiger partial charge in [0.05, 0.1) is 0 Å². The van der Waals surface area contributed by atoms with Crippen molar-refractivity contribution in [1.82, 2.24) is 4.90 Å². The van der Waals surface area contributed by atoms with E-state index in [2.05, 4.69) is 0 Å². The van der Waals surface area contributed by atoms with Crippen LogP contribution in [0.1, 0.15) is 13.3 Å². The summed E-state index contributed by atoms with van der Waals surface area (Å²) in [6.45, 7) is -2.25. The van der Waals surface area contributed by atoms with Gasteiger partial charge in [-0.15, -0.1) is 0 Å². The minimum atomic E-state index is -4.63. The first-order valence-electron chi connectivity index (χ1n) is 3.35. The van der Waals surface area contributed by atoms with Crippen LogP contribution in [-0.2, 0) is 0 Å². The van der Waals surface area contributed by atoms with Gasteiger partial charge in [0.15, 0.2) is 0 Å². The second-order valence-electron chi connectivity index (χ2n) is 2.47. The Bertz CT molecular complexity index is 98.2. The number of nitrogens with zero attached hydrogens (tertiary/aromatic N) is 1. The molecule has 0 spiro atoms. The van der Waals surface area contributed by atoms with Gasteiger partial charge in [0.1, 0.15) is 0 Å². The van der Waals surface area contributed by atoms with E-state index in [1.54, 1.807) is 0 Å². The molecular formula is C5H12BF3KN. The SMILES string of the molecule is CCCN(C)C[B-](F)(F)F.[K+]. The van der Waals surface area contributed by atoms with Gasteiger partial charge < -0.3 is 17.8 Å². The summed E-state index contributed by atoms with van der Waals surface area (Å²) in [5.74, 6) is 0. The zero-order valence-electron chi connectivity index (χ0n) is 7.28. The molecule has 0 aliphatic carbocycles. The quantitative estimate of drug-likeness (QED) is 0.502. The summed E-state index contributed by atoms with van der Waals surface area (Å²) in [5, 5.41) is 0. The van der Waals surface area contributed by atoms with Crippen LogP contribution in [0.3, 0.4) is 0 Å². The van der Waals surface area contributed by atoms with Crippen molar-refractivity contribution in [2.75, 3.05) is 20.0 Å². The number of halogens is 3. The van der Waals surface area contributed by atoms with E-state index >= 15 is 0 Å². The first-order valence-corrected chi connectivity index (χ1v) is 3.35. The van der Waals surface area contributed by atoms with Gasteiger partial charge in [-0.25, -0.2) is 0 Å². The van der Waals surface area contributed by atoms with E-state index in [4.69, 9.17) is 0 Å². The molecule has 0 rings (SSSR count). The monoisotopic (exact) mass is 193 g/mol. The van der Waals surface area contributed by atoms with E-state index in [0.29, 0.717) is 6.54 Å². The zero-order valence-corrected chi connectivity index (χ0v) is 10.4. The molecule has 0 aromatic rings. The fraction of sp³-hybridized carbons (Fsp3) is 1.00. The van der Waals surface area contributed by atoms with Crippen molar-refractivity contribution in [2.24, 2.45) is 0 Å². The van der Waals surface area contributed by atoms with E-state index in [0.717, 1.165) is 6.42 Å². The third-order valence-corrected chi connectivity index (χ3v) is 1.12. The third kappa shape index (κ3) is 11.5. The molecule has 0 saturated heterocycles. The van der Waals surface area contributed by atoms with Gasteiger partial charge in [-0.3, -0.25) is 0 Å². The normalized spacial score (nSPS) is 11.5. The predicted octanol–water partition coefficient (Wildman–Crippen LogP) is -1.28. The minimum absolute atomic E-state index is 0. The summed E-state index contributed by atoms with van der Waals surface area (Å²) in [4.78, 5) is 1.29. The molecule has 0 radical (unpaired) electrons. The van der Waals surface area contributed by atoms with E-state index in [-0.39, 0.29) is 51.4 Å². The molecule has 62 valence electrons. The maximum absolute atomic E-state index is 11.7. The molecule has 1 nitrogen and oxygen atoms in total. The topological polar surface area (TPSA) is 3.24 Å². The van der Waals surface area contributed by atoms with Gasteiger partial charge in [-0.2, -0.15) is 0 Å². The largest absolute Gasteiger partial charge is 1.00 e. The Labute approximate surface area is 108 Å². The molecule has 11 heavy (non-hydrogen) atoms. The summed E-state index contributed by atoms with van der Waals surface area (Å²) in [7, 11) is 1.48. The van der Waals surface area contributed by atoms with Crippen LogP contribution in [0.5, 0.6) is 0 Å². The van der Waals surface area contributed by atoms with Gasteiger partial charge in [0.2, 0.25) is 0 Å². The van der Waals surface area contributed by atoms with Crippen LogP contribution in [0.15, 0.2) is 0 Å². The fourth-order valence-electron chi connectivity index (χ4n) is 0.826. The summed E-state index contributed by atoms with van der Waals surface area (Å²) in [5.41, 5.74) is 0. The molecule has 0 unspecified atom stereocenters. The van der Waals surface area contributed by atoms with Crippen molar-refractivity contribution in [3.8, 4) is 0 Å². The van der Waals surface area contributed by atoms with Crippen molar-refractivity contribution in [3.05, 3.63) is 0 Å². The fourth-order valence-corrected chi connectivity index (χ4v) is 0.826. The van der Waals surface area contributed by atoms with Gasteiger partial charge in [0, 0.05) is 0 Å². The van der Waals surface area contributed by atoms with Gasteiger partial charge in [0.25, 0.3) is 0 Å². The Balaban J connectivity index is 0. The first-order chi connectivity index (χ1) is 4.45. The Hall–Kier alpha value is 1.45. The van der Waals surface area contributed by atoms with Crippen LogP contribution in [0, 0.1) is 0 Å². The third-order valence-electron chi connectivity index (χ3n) is 1.12. The maximum atomic E-state index is 11.7. The molecule has 0 N–H and O–H groups in total. The molecule has 0 aliphatic heterocycles. The van der Waals surface area contributed by atoms with E-state index < -0.39 is 13.4 Å². The molecule has 0 aromatic carbocycles. The Kier molecular flexibility index (Phi) is 9.39. The van der Waals surface area contributed by atoms with Crippen molar-refractivity contribution in [1.29, 1.82) is 0 Å². The van der Waals surface area contributed by atoms with Crippen LogP contribution in [0.4, 0.5) is 12.9 Å². The number of hydrogen-bond donors (Lipinski definition) is 0. The van der Waals surface area contributed by atoms with Crippen LogP contribution in [0.25, 0.3) is 0 Å². The Morgan fingerprint density at radius 1 is 1.27 bits per heavy atom. The number of hydrogen-bond acceptors (Lipinski definition) is 1. The van der Waals surface area contributed by atoms with Crippen LogP contribution >= 0.6 is 0 Å². The van der Waals surface area contributed by atoms with Crippen molar-refractivity contribution < 1.29 is 64.3 Å². The molecule has 0 atom stereocenters. The summed E-state index contributed by atoms with van der Waals surface area (Å²) in [6.07, 6.45) is 0.0243. The Morgan fingerprint density at radius 3 is 2.00 bits per heavy atom. The molecule has 0 heterocycles. The first kappa shape index (κ1) is 14.9. The summed E-state index contributed by atoms with van der Waals surface area (Å²) >= 11 is 0. The van der Waals surface area contributed by atoms with Crippen molar-refractivity contribution in [3.63, 3.8) is 0 Å². The molecular weight excluding hydrogens is 181 g/mol. The van der Waals surface area contributed by atoms with E-state index in [1.165, 1.54) is 11.9 Å². The number of rotatable bonds is 4. The van der Waals surface area contributed by atoms with Gasteiger partial charge >= 0.3 is 58.4 Å². The van der Waals surface area contributed by atoms with E-state index in [1.807, 2.05) is 6.92 Å². The average molecular weight is 193 g/mol. The van der Waals surface area contributed by atoms with E-state index in [9.17, 15) is 12.9 Å². The van der Waals surface area contributed by atoms with Crippen molar-refractivity contribution in [2.45, 2.75) is 13.3 Å². The Morgan fingerprint density at radius 2 is 1.73 bits per heavy atom. The predicted molar refractivity (Wildman–Crippen MR) is 36.9 cm³/mol.